The molecule has 0 saturated heterocycles. The molecule has 5 nitrogen and oxygen atoms in total. The van der Waals surface area contributed by atoms with Gasteiger partial charge in [0.1, 0.15) is 0 Å². The summed E-state index contributed by atoms with van der Waals surface area (Å²) in [6.07, 6.45) is 2.32. The fourth-order valence-corrected chi connectivity index (χ4v) is 1.93. The van der Waals surface area contributed by atoms with E-state index in [1.165, 1.54) is 12.1 Å². The topological polar surface area (TPSA) is 64.4 Å². The molecule has 0 bridgehead atoms. The zero-order valence-electron chi connectivity index (χ0n) is 11.9. The largest absolute Gasteiger partial charge is 0.379 e. The maximum absolute atomic E-state index is 10.6. The first kappa shape index (κ1) is 16.9. The van der Waals surface area contributed by atoms with Crippen molar-refractivity contribution < 1.29 is 9.66 Å². The molecule has 6 heteroatoms. The number of non-ortho nitro benzene ring substituents is 1. The van der Waals surface area contributed by atoms with Crippen molar-refractivity contribution in [3.05, 3.63) is 38.9 Å². The van der Waals surface area contributed by atoms with Crippen molar-refractivity contribution in [2.75, 3.05) is 13.2 Å². The lowest BCUT2D eigenvalue weighted by Gasteiger charge is -2.08. The summed E-state index contributed by atoms with van der Waals surface area (Å²) in [5, 5.41) is 14.3. The highest BCUT2D eigenvalue weighted by molar-refractivity contribution is 6.31. The van der Waals surface area contributed by atoms with E-state index in [1.807, 2.05) is 13.8 Å². The number of nitrogens with one attached hydrogen (secondary N) is 1. The average molecular weight is 301 g/mol. The number of hydrogen-bond acceptors (Lipinski definition) is 4. The molecule has 0 aliphatic heterocycles. The third-order valence-electron chi connectivity index (χ3n) is 2.76. The van der Waals surface area contributed by atoms with Gasteiger partial charge in [0, 0.05) is 25.3 Å². The maximum atomic E-state index is 10.6. The Kier molecular flexibility index (Phi) is 7.51. The SMILES string of the molecule is CC(C)OCCCCNCc1ccc([N+](=O)[O-])cc1Cl. The minimum absolute atomic E-state index is 0.0181. The third-order valence-corrected chi connectivity index (χ3v) is 3.11. The number of unbranched alkanes of at least 4 members (excludes halogenated alkanes) is 1. The second-order valence-electron chi connectivity index (χ2n) is 4.84. The van der Waals surface area contributed by atoms with Gasteiger partial charge in [-0.25, -0.2) is 0 Å². The predicted octanol–water partition coefficient (Wildman–Crippen LogP) is 3.54. The first-order valence-corrected chi connectivity index (χ1v) is 7.13. The first-order valence-electron chi connectivity index (χ1n) is 6.76. The molecular weight excluding hydrogens is 280 g/mol. The first-order chi connectivity index (χ1) is 9.50. The molecule has 1 N–H and O–H groups in total. The summed E-state index contributed by atoms with van der Waals surface area (Å²) < 4.78 is 5.45. The number of rotatable bonds is 9. The number of nitro benzene ring substituents is 1. The van der Waals surface area contributed by atoms with E-state index >= 15 is 0 Å². The van der Waals surface area contributed by atoms with Crippen LogP contribution in [0.4, 0.5) is 5.69 Å². The van der Waals surface area contributed by atoms with Crippen LogP contribution in [0.1, 0.15) is 32.3 Å². The number of halogens is 1. The molecule has 0 radical (unpaired) electrons. The van der Waals surface area contributed by atoms with E-state index < -0.39 is 4.92 Å². The molecule has 0 saturated carbocycles. The standard InChI is InChI=1S/C14H21ClN2O3/c1-11(2)20-8-4-3-7-16-10-12-5-6-13(17(18)19)9-14(12)15/h5-6,9,11,16H,3-4,7-8,10H2,1-2H3. The van der Waals surface area contributed by atoms with Crippen LogP contribution in [-0.4, -0.2) is 24.2 Å². The van der Waals surface area contributed by atoms with Crippen molar-refractivity contribution in [2.45, 2.75) is 39.3 Å². The summed E-state index contributed by atoms with van der Waals surface area (Å²) in [6.45, 7) is 6.30. The summed E-state index contributed by atoms with van der Waals surface area (Å²) >= 11 is 6.01. The molecular formula is C14H21ClN2O3. The summed E-state index contributed by atoms with van der Waals surface area (Å²) in [6, 6.07) is 4.55. The zero-order chi connectivity index (χ0) is 15.0. The van der Waals surface area contributed by atoms with Gasteiger partial charge in [0.2, 0.25) is 0 Å². The van der Waals surface area contributed by atoms with E-state index in [0.717, 1.165) is 31.6 Å². The van der Waals surface area contributed by atoms with Crippen LogP contribution in [-0.2, 0) is 11.3 Å². The van der Waals surface area contributed by atoms with Crippen LogP contribution in [0.5, 0.6) is 0 Å². The van der Waals surface area contributed by atoms with Gasteiger partial charge >= 0.3 is 0 Å². The molecule has 1 rings (SSSR count). The number of ether oxygens (including phenoxy) is 1. The quantitative estimate of drug-likeness (QED) is 0.430. The van der Waals surface area contributed by atoms with Gasteiger partial charge in [0.25, 0.3) is 5.69 Å². The predicted molar refractivity (Wildman–Crippen MR) is 80.1 cm³/mol. The zero-order valence-corrected chi connectivity index (χ0v) is 12.7. The molecule has 0 aliphatic carbocycles. The van der Waals surface area contributed by atoms with Crippen LogP contribution in [0.25, 0.3) is 0 Å². The number of nitrogens with zero attached hydrogens (tertiary/aromatic N) is 1. The van der Waals surface area contributed by atoms with Crippen LogP contribution in [0.15, 0.2) is 18.2 Å². The van der Waals surface area contributed by atoms with Crippen LogP contribution in [0, 0.1) is 10.1 Å². The van der Waals surface area contributed by atoms with Crippen LogP contribution in [0.3, 0.4) is 0 Å². The minimum Gasteiger partial charge on any atom is -0.379 e. The molecule has 0 heterocycles. The number of hydrogen-bond donors (Lipinski definition) is 1. The van der Waals surface area contributed by atoms with E-state index in [9.17, 15) is 10.1 Å². The van der Waals surface area contributed by atoms with Crippen molar-refractivity contribution in [1.82, 2.24) is 5.32 Å². The molecule has 0 fully saturated rings. The van der Waals surface area contributed by atoms with E-state index in [1.54, 1.807) is 6.07 Å². The lowest BCUT2D eigenvalue weighted by molar-refractivity contribution is -0.384. The summed E-state index contributed by atoms with van der Waals surface area (Å²) in [5.74, 6) is 0. The second-order valence-corrected chi connectivity index (χ2v) is 5.24. The molecule has 1 aromatic carbocycles. The van der Waals surface area contributed by atoms with E-state index in [-0.39, 0.29) is 11.8 Å². The van der Waals surface area contributed by atoms with E-state index in [0.29, 0.717) is 11.6 Å². The van der Waals surface area contributed by atoms with Crippen molar-refractivity contribution in [2.24, 2.45) is 0 Å². The van der Waals surface area contributed by atoms with Gasteiger partial charge < -0.3 is 10.1 Å². The monoisotopic (exact) mass is 300 g/mol. The third kappa shape index (κ3) is 6.32. The highest BCUT2D eigenvalue weighted by atomic mass is 35.5. The molecule has 0 amide bonds. The fourth-order valence-electron chi connectivity index (χ4n) is 1.69. The molecule has 0 spiro atoms. The Labute approximate surface area is 124 Å². The molecule has 0 aromatic heterocycles. The Morgan fingerprint density at radius 3 is 2.75 bits per heavy atom. The lowest BCUT2D eigenvalue weighted by Crippen LogP contribution is -2.16. The summed E-state index contributed by atoms with van der Waals surface area (Å²) in [5.41, 5.74) is 0.889. The van der Waals surface area contributed by atoms with Crippen LogP contribution < -0.4 is 5.32 Å². The normalized spacial score (nSPS) is 11.0. The molecule has 20 heavy (non-hydrogen) atoms. The Bertz CT molecular complexity index is 438. The summed E-state index contributed by atoms with van der Waals surface area (Å²) in [7, 11) is 0. The summed E-state index contributed by atoms with van der Waals surface area (Å²) in [4.78, 5) is 10.1. The maximum Gasteiger partial charge on any atom is 0.270 e. The molecule has 0 unspecified atom stereocenters. The van der Waals surface area contributed by atoms with Gasteiger partial charge in [-0.15, -0.1) is 0 Å². The fraction of sp³-hybridized carbons (Fsp3) is 0.571. The molecule has 112 valence electrons. The lowest BCUT2D eigenvalue weighted by atomic mass is 10.2. The van der Waals surface area contributed by atoms with Gasteiger partial charge in [0.05, 0.1) is 16.0 Å². The van der Waals surface area contributed by atoms with Crippen molar-refractivity contribution >= 4 is 17.3 Å². The highest BCUT2D eigenvalue weighted by Gasteiger charge is 2.08. The van der Waals surface area contributed by atoms with Crippen LogP contribution in [0.2, 0.25) is 5.02 Å². The van der Waals surface area contributed by atoms with E-state index in [2.05, 4.69) is 5.32 Å². The van der Waals surface area contributed by atoms with Crippen LogP contribution >= 0.6 is 11.6 Å². The van der Waals surface area contributed by atoms with Crippen molar-refractivity contribution in [1.29, 1.82) is 0 Å². The van der Waals surface area contributed by atoms with Gasteiger partial charge in [-0.2, -0.15) is 0 Å². The second kappa shape index (κ2) is 8.89. The Hall–Kier alpha value is -1.17. The van der Waals surface area contributed by atoms with Gasteiger partial charge in [-0.3, -0.25) is 10.1 Å². The van der Waals surface area contributed by atoms with Crippen molar-refractivity contribution in [3.63, 3.8) is 0 Å². The molecule has 0 atom stereocenters. The molecule has 0 aliphatic rings. The van der Waals surface area contributed by atoms with E-state index in [4.69, 9.17) is 16.3 Å². The average Bonchev–Trinajstić information content (AvgIpc) is 2.38. The Morgan fingerprint density at radius 2 is 2.15 bits per heavy atom. The highest BCUT2D eigenvalue weighted by Crippen LogP contribution is 2.22. The number of benzene rings is 1. The Morgan fingerprint density at radius 1 is 1.40 bits per heavy atom. The molecule has 1 aromatic rings. The van der Waals surface area contributed by atoms with Gasteiger partial charge in [0.15, 0.2) is 0 Å². The minimum atomic E-state index is -0.447. The van der Waals surface area contributed by atoms with Crippen molar-refractivity contribution in [3.8, 4) is 0 Å². The Balaban J connectivity index is 2.24. The smallest absolute Gasteiger partial charge is 0.270 e. The number of nitro groups is 1. The van der Waals surface area contributed by atoms with Gasteiger partial charge in [-0.05, 0) is 44.9 Å². The van der Waals surface area contributed by atoms with Gasteiger partial charge in [-0.1, -0.05) is 11.6 Å².